The van der Waals surface area contributed by atoms with E-state index < -0.39 is 6.61 Å². The molecule has 1 aromatic carbocycles. The van der Waals surface area contributed by atoms with Crippen LogP contribution in [0.15, 0.2) is 48.8 Å². The van der Waals surface area contributed by atoms with E-state index in [1.54, 1.807) is 30.6 Å². The summed E-state index contributed by atoms with van der Waals surface area (Å²) in [7, 11) is 0. The van der Waals surface area contributed by atoms with E-state index in [0.29, 0.717) is 25.1 Å². The molecule has 1 saturated carbocycles. The van der Waals surface area contributed by atoms with Gasteiger partial charge in [-0.15, -0.1) is 12.4 Å². The lowest BCUT2D eigenvalue weighted by Gasteiger charge is -2.36. The van der Waals surface area contributed by atoms with Gasteiger partial charge in [0.1, 0.15) is 5.75 Å². The molecule has 28 heavy (non-hydrogen) atoms. The summed E-state index contributed by atoms with van der Waals surface area (Å²) < 4.78 is 30.0. The Bertz CT molecular complexity index is 809. The van der Waals surface area contributed by atoms with Crippen molar-refractivity contribution < 1.29 is 18.3 Å². The summed E-state index contributed by atoms with van der Waals surface area (Å²) in [5.74, 6) is -0.0271. The van der Waals surface area contributed by atoms with Gasteiger partial charge in [0.15, 0.2) is 0 Å². The molecule has 1 saturated heterocycles. The quantitative estimate of drug-likeness (QED) is 0.822. The second-order valence-electron chi connectivity index (χ2n) is 6.90. The first-order chi connectivity index (χ1) is 13.1. The van der Waals surface area contributed by atoms with Gasteiger partial charge in [0.25, 0.3) is 0 Å². The highest BCUT2D eigenvalue weighted by Crippen LogP contribution is 2.52. The maximum Gasteiger partial charge on any atom is 0.387 e. The number of hydrogen-bond acceptors (Lipinski definition) is 4. The third kappa shape index (κ3) is 4.25. The Labute approximate surface area is 168 Å². The molecular formula is C20H22ClF2N3O2. The Morgan fingerprint density at radius 3 is 2.82 bits per heavy atom. The summed E-state index contributed by atoms with van der Waals surface area (Å²) in [5.41, 5.74) is 1.68. The number of amides is 1. The predicted octanol–water partition coefficient (Wildman–Crippen LogP) is 3.38. The van der Waals surface area contributed by atoms with Crippen LogP contribution in [-0.4, -0.2) is 42.0 Å². The number of nitrogens with zero attached hydrogens (tertiary/aromatic N) is 2. The van der Waals surface area contributed by atoms with Crippen LogP contribution in [0.2, 0.25) is 0 Å². The Balaban J connectivity index is 0.00000225. The second-order valence-corrected chi connectivity index (χ2v) is 6.90. The lowest BCUT2D eigenvalue weighted by molar-refractivity contribution is -0.136. The van der Waals surface area contributed by atoms with Gasteiger partial charge in [-0.25, -0.2) is 0 Å². The second kappa shape index (κ2) is 8.84. The van der Waals surface area contributed by atoms with Crippen LogP contribution in [0.1, 0.15) is 29.5 Å². The average molecular weight is 410 g/mol. The van der Waals surface area contributed by atoms with Crippen molar-refractivity contribution in [3.63, 3.8) is 0 Å². The number of hydrogen-bond donors (Lipinski definition) is 1. The molecule has 2 fully saturated rings. The zero-order chi connectivity index (χ0) is 18.8. The van der Waals surface area contributed by atoms with Gasteiger partial charge in [0.05, 0.1) is 6.04 Å². The van der Waals surface area contributed by atoms with E-state index >= 15 is 0 Å². The number of piperazine rings is 1. The molecule has 8 heteroatoms. The first-order valence-corrected chi connectivity index (χ1v) is 9.10. The molecule has 0 radical (unpaired) electrons. The fourth-order valence-electron chi connectivity index (χ4n) is 3.85. The summed E-state index contributed by atoms with van der Waals surface area (Å²) in [6.07, 6.45) is 4.16. The molecule has 2 aromatic rings. The van der Waals surface area contributed by atoms with Gasteiger partial charge in [-0.3, -0.25) is 9.78 Å². The van der Waals surface area contributed by atoms with E-state index in [1.165, 1.54) is 6.07 Å². The van der Waals surface area contributed by atoms with Crippen LogP contribution in [0.3, 0.4) is 0 Å². The zero-order valence-electron chi connectivity index (χ0n) is 15.1. The van der Waals surface area contributed by atoms with Crippen LogP contribution in [0.25, 0.3) is 0 Å². The van der Waals surface area contributed by atoms with Crippen molar-refractivity contribution in [3.05, 3.63) is 59.9 Å². The molecule has 1 aromatic heterocycles. The summed E-state index contributed by atoms with van der Waals surface area (Å²) in [5, 5.41) is 3.33. The van der Waals surface area contributed by atoms with Crippen LogP contribution in [0.5, 0.6) is 5.75 Å². The van der Waals surface area contributed by atoms with E-state index in [9.17, 15) is 13.6 Å². The van der Waals surface area contributed by atoms with Crippen molar-refractivity contribution in [3.8, 4) is 5.75 Å². The molecule has 3 unspecified atom stereocenters. The highest BCUT2D eigenvalue weighted by Gasteiger charge is 2.48. The normalized spacial score (nSPS) is 23.8. The lowest BCUT2D eigenvalue weighted by atomic mass is 10.0. The molecule has 0 spiro atoms. The number of benzene rings is 1. The maximum atomic E-state index is 13.2. The fraction of sp³-hybridized carbons (Fsp3) is 0.400. The van der Waals surface area contributed by atoms with Crippen molar-refractivity contribution in [2.24, 2.45) is 5.92 Å². The van der Waals surface area contributed by atoms with E-state index in [-0.39, 0.29) is 41.9 Å². The predicted molar refractivity (Wildman–Crippen MR) is 103 cm³/mol. The number of carbonyl (C=O) groups excluding carboxylic acids is 1. The fourth-order valence-corrected chi connectivity index (χ4v) is 3.85. The molecule has 1 aliphatic carbocycles. The number of ether oxygens (including phenoxy) is 1. The van der Waals surface area contributed by atoms with Crippen LogP contribution < -0.4 is 10.1 Å². The van der Waals surface area contributed by atoms with Gasteiger partial charge >= 0.3 is 6.61 Å². The Kier molecular flexibility index (Phi) is 6.46. The van der Waals surface area contributed by atoms with Gasteiger partial charge < -0.3 is 15.0 Å². The smallest absolute Gasteiger partial charge is 0.387 e. The number of alkyl halides is 2. The van der Waals surface area contributed by atoms with Crippen molar-refractivity contribution in [2.45, 2.75) is 25.0 Å². The number of pyridine rings is 1. The monoisotopic (exact) mass is 409 g/mol. The minimum absolute atomic E-state index is 0. The van der Waals surface area contributed by atoms with Crippen LogP contribution in [-0.2, 0) is 4.79 Å². The van der Waals surface area contributed by atoms with Crippen molar-refractivity contribution >= 4 is 18.3 Å². The topological polar surface area (TPSA) is 54.5 Å². The highest BCUT2D eigenvalue weighted by molar-refractivity contribution is 5.85. The minimum atomic E-state index is -2.87. The molecule has 4 rings (SSSR count). The van der Waals surface area contributed by atoms with E-state index in [0.717, 1.165) is 12.1 Å². The zero-order valence-corrected chi connectivity index (χ0v) is 15.9. The van der Waals surface area contributed by atoms with Crippen LogP contribution in [0, 0.1) is 5.92 Å². The molecular weight excluding hydrogens is 388 g/mol. The third-order valence-corrected chi connectivity index (χ3v) is 5.24. The van der Waals surface area contributed by atoms with Gasteiger partial charge in [-0.2, -0.15) is 8.78 Å². The SMILES string of the molecule is Cl.O=C(C1CC1c1ccccc1OC(F)F)N1CCNCC1c1cccnc1. The number of aromatic nitrogens is 1. The van der Waals surface area contributed by atoms with E-state index in [2.05, 4.69) is 15.0 Å². The van der Waals surface area contributed by atoms with Gasteiger partial charge in [-0.1, -0.05) is 24.3 Å². The van der Waals surface area contributed by atoms with E-state index in [1.807, 2.05) is 17.0 Å². The molecule has 1 aliphatic heterocycles. The number of halogens is 3. The van der Waals surface area contributed by atoms with Crippen LogP contribution >= 0.6 is 12.4 Å². The minimum Gasteiger partial charge on any atom is -0.435 e. The third-order valence-electron chi connectivity index (χ3n) is 5.24. The molecule has 5 nitrogen and oxygen atoms in total. The summed E-state index contributed by atoms with van der Waals surface area (Å²) in [6.45, 7) is -0.830. The number of carbonyl (C=O) groups is 1. The van der Waals surface area contributed by atoms with E-state index in [4.69, 9.17) is 0 Å². The molecule has 150 valence electrons. The Hall–Kier alpha value is -2.25. The molecule has 0 bridgehead atoms. The van der Waals surface area contributed by atoms with Crippen molar-refractivity contribution in [2.75, 3.05) is 19.6 Å². The standard InChI is InChI=1S/C20H21F2N3O2.ClH/c21-20(22)27-18-6-2-1-5-14(18)15-10-16(15)19(26)25-9-8-24-12-17(25)13-4-3-7-23-11-13;/h1-7,11,15-17,20,24H,8-10,12H2;1H. The summed E-state index contributed by atoms with van der Waals surface area (Å²) in [6, 6.07) is 10.5. The largest absolute Gasteiger partial charge is 0.435 e. The highest BCUT2D eigenvalue weighted by atomic mass is 35.5. The van der Waals surface area contributed by atoms with Gasteiger partial charge in [0.2, 0.25) is 5.91 Å². The molecule has 1 amide bonds. The Morgan fingerprint density at radius 2 is 2.07 bits per heavy atom. The molecule has 2 heterocycles. The first kappa shape index (κ1) is 20.5. The molecule has 2 aliphatic rings. The van der Waals surface area contributed by atoms with Crippen LogP contribution in [0.4, 0.5) is 8.78 Å². The van der Waals surface area contributed by atoms with Crippen molar-refractivity contribution in [1.82, 2.24) is 15.2 Å². The molecule has 1 N–H and O–H groups in total. The first-order valence-electron chi connectivity index (χ1n) is 9.10. The summed E-state index contributed by atoms with van der Waals surface area (Å²) in [4.78, 5) is 19.2. The Morgan fingerprint density at radius 1 is 1.25 bits per heavy atom. The number of rotatable bonds is 5. The average Bonchev–Trinajstić information content (AvgIpc) is 3.49. The van der Waals surface area contributed by atoms with Crippen molar-refractivity contribution in [1.29, 1.82) is 0 Å². The number of nitrogens with one attached hydrogen (secondary N) is 1. The number of para-hydroxylation sites is 1. The summed E-state index contributed by atoms with van der Waals surface area (Å²) >= 11 is 0. The maximum absolute atomic E-state index is 13.2. The van der Waals surface area contributed by atoms with Gasteiger partial charge in [0, 0.05) is 37.9 Å². The molecule has 3 atom stereocenters. The van der Waals surface area contributed by atoms with Gasteiger partial charge in [-0.05, 0) is 35.6 Å². The lowest BCUT2D eigenvalue weighted by Crippen LogP contribution is -2.49.